The Hall–Kier alpha value is -1.00. The quantitative estimate of drug-likeness (QED) is 0.873. The first-order valence-electron chi connectivity index (χ1n) is 6.37. The van der Waals surface area contributed by atoms with Crippen LogP contribution in [0.3, 0.4) is 0 Å². The van der Waals surface area contributed by atoms with E-state index in [1.807, 2.05) is 29.9 Å². The van der Waals surface area contributed by atoms with Gasteiger partial charge in [-0.15, -0.1) is 12.4 Å². The van der Waals surface area contributed by atoms with Crippen molar-refractivity contribution in [1.82, 2.24) is 15.2 Å². The molecule has 1 atom stereocenters. The van der Waals surface area contributed by atoms with Gasteiger partial charge in [-0.25, -0.2) is 0 Å². The highest BCUT2D eigenvalue weighted by atomic mass is 35.5. The molecular formula is C13H22ClN3O. The Labute approximate surface area is 115 Å². The number of halogens is 1. The van der Waals surface area contributed by atoms with Crippen LogP contribution in [0, 0.1) is 5.92 Å². The lowest BCUT2D eigenvalue weighted by atomic mass is 9.96. The minimum Gasteiger partial charge on any atom is -0.351 e. The molecule has 0 aliphatic carbocycles. The molecule has 1 aliphatic heterocycles. The van der Waals surface area contributed by atoms with Gasteiger partial charge in [-0.05, 0) is 50.4 Å². The highest BCUT2D eigenvalue weighted by Gasteiger charge is 2.13. The Morgan fingerprint density at radius 3 is 3.06 bits per heavy atom. The summed E-state index contributed by atoms with van der Waals surface area (Å²) in [4.78, 5) is 11.8. The van der Waals surface area contributed by atoms with Gasteiger partial charge in [0.2, 0.25) is 0 Å². The van der Waals surface area contributed by atoms with Crippen molar-refractivity contribution in [2.24, 2.45) is 13.0 Å². The molecule has 0 bridgehead atoms. The van der Waals surface area contributed by atoms with Gasteiger partial charge in [0, 0.05) is 19.8 Å². The normalized spacial score (nSPS) is 19.1. The average molecular weight is 272 g/mol. The number of hydrogen-bond donors (Lipinski definition) is 2. The van der Waals surface area contributed by atoms with Gasteiger partial charge in [0.05, 0.1) is 0 Å². The predicted octanol–water partition coefficient (Wildman–Crippen LogP) is 1.57. The number of nitrogens with one attached hydrogen (secondary N) is 2. The van der Waals surface area contributed by atoms with Gasteiger partial charge >= 0.3 is 0 Å². The molecule has 1 amide bonds. The number of hydrogen-bond acceptors (Lipinski definition) is 2. The third kappa shape index (κ3) is 4.03. The van der Waals surface area contributed by atoms with Crippen LogP contribution in [-0.4, -0.2) is 30.1 Å². The molecule has 0 aromatic carbocycles. The maximum Gasteiger partial charge on any atom is 0.267 e. The summed E-state index contributed by atoms with van der Waals surface area (Å²) in [6.45, 7) is 3.02. The first kappa shape index (κ1) is 15.1. The number of aryl methyl sites for hydroxylation is 1. The van der Waals surface area contributed by atoms with E-state index in [1.165, 1.54) is 12.8 Å². The molecule has 1 aromatic heterocycles. The fourth-order valence-corrected chi connectivity index (χ4v) is 2.35. The summed E-state index contributed by atoms with van der Waals surface area (Å²) in [5, 5.41) is 6.38. The van der Waals surface area contributed by atoms with E-state index in [2.05, 4.69) is 10.6 Å². The molecule has 1 fully saturated rings. The molecule has 4 nitrogen and oxygen atoms in total. The maximum absolute atomic E-state index is 11.8. The second-order valence-corrected chi connectivity index (χ2v) is 4.76. The molecule has 2 heterocycles. The summed E-state index contributed by atoms with van der Waals surface area (Å²) in [6.07, 6.45) is 5.51. The van der Waals surface area contributed by atoms with Crippen LogP contribution >= 0.6 is 12.4 Å². The number of aromatic nitrogens is 1. The molecule has 1 saturated heterocycles. The number of piperidine rings is 1. The van der Waals surface area contributed by atoms with Crippen molar-refractivity contribution in [1.29, 1.82) is 0 Å². The van der Waals surface area contributed by atoms with Gasteiger partial charge < -0.3 is 15.2 Å². The van der Waals surface area contributed by atoms with E-state index < -0.39 is 0 Å². The molecule has 0 radical (unpaired) electrons. The summed E-state index contributed by atoms with van der Waals surface area (Å²) in [6, 6.07) is 3.73. The van der Waals surface area contributed by atoms with Gasteiger partial charge in [0.25, 0.3) is 5.91 Å². The lowest BCUT2D eigenvalue weighted by Crippen LogP contribution is -2.33. The molecule has 0 saturated carbocycles. The van der Waals surface area contributed by atoms with Crippen LogP contribution in [0.4, 0.5) is 0 Å². The molecule has 2 N–H and O–H groups in total. The first-order valence-corrected chi connectivity index (χ1v) is 6.37. The number of nitrogens with zero attached hydrogens (tertiary/aromatic N) is 1. The summed E-state index contributed by atoms with van der Waals surface area (Å²) in [5.74, 6) is 0.749. The zero-order valence-corrected chi connectivity index (χ0v) is 11.6. The van der Waals surface area contributed by atoms with Crippen molar-refractivity contribution in [3.05, 3.63) is 24.0 Å². The van der Waals surface area contributed by atoms with E-state index in [-0.39, 0.29) is 18.3 Å². The highest BCUT2D eigenvalue weighted by Crippen LogP contribution is 2.12. The van der Waals surface area contributed by atoms with Gasteiger partial charge in [-0.1, -0.05) is 0 Å². The highest BCUT2D eigenvalue weighted by molar-refractivity contribution is 5.92. The molecule has 1 aromatic rings. The van der Waals surface area contributed by atoms with Gasteiger partial charge in [0.1, 0.15) is 5.69 Å². The largest absolute Gasteiger partial charge is 0.351 e. The van der Waals surface area contributed by atoms with E-state index in [0.29, 0.717) is 0 Å². The molecule has 1 aliphatic rings. The standard InChI is InChI=1S/C13H21N3O.ClH/c1-16-9-3-5-12(16)13(17)15-8-6-11-4-2-7-14-10-11;/h3,5,9,11,14H,2,4,6-8,10H2,1H3,(H,15,17);1H. The first-order chi connectivity index (χ1) is 8.27. The second-order valence-electron chi connectivity index (χ2n) is 4.76. The number of carbonyl (C=O) groups is 1. The summed E-state index contributed by atoms with van der Waals surface area (Å²) in [5.41, 5.74) is 0.728. The number of carbonyl (C=O) groups excluding carboxylic acids is 1. The molecule has 18 heavy (non-hydrogen) atoms. The Morgan fingerprint density at radius 1 is 1.61 bits per heavy atom. The zero-order chi connectivity index (χ0) is 12.1. The van der Waals surface area contributed by atoms with Crippen molar-refractivity contribution >= 4 is 18.3 Å². The lowest BCUT2D eigenvalue weighted by Gasteiger charge is -2.22. The van der Waals surface area contributed by atoms with Crippen molar-refractivity contribution < 1.29 is 4.79 Å². The summed E-state index contributed by atoms with van der Waals surface area (Å²) < 4.78 is 1.84. The smallest absolute Gasteiger partial charge is 0.267 e. The fraction of sp³-hybridized carbons (Fsp3) is 0.615. The van der Waals surface area contributed by atoms with Crippen LogP contribution in [0.1, 0.15) is 29.8 Å². The van der Waals surface area contributed by atoms with Crippen molar-refractivity contribution in [2.75, 3.05) is 19.6 Å². The van der Waals surface area contributed by atoms with Crippen LogP contribution in [0.5, 0.6) is 0 Å². The minimum absolute atomic E-state index is 0. The third-order valence-corrected chi connectivity index (χ3v) is 3.41. The predicted molar refractivity (Wildman–Crippen MR) is 75.2 cm³/mol. The van der Waals surface area contributed by atoms with Crippen LogP contribution < -0.4 is 10.6 Å². The van der Waals surface area contributed by atoms with E-state index in [1.54, 1.807) is 0 Å². The summed E-state index contributed by atoms with van der Waals surface area (Å²) in [7, 11) is 1.89. The van der Waals surface area contributed by atoms with E-state index in [0.717, 1.165) is 37.7 Å². The van der Waals surface area contributed by atoms with E-state index >= 15 is 0 Å². The maximum atomic E-state index is 11.8. The monoisotopic (exact) mass is 271 g/mol. The Bertz CT molecular complexity index is 372. The Kier molecular flexibility index (Phi) is 6.22. The average Bonchev–Trinajstić information content (AvgIpc) is 2.77. The molecule has 2 rings (SSSR count). The number of amides is 1. The van der Waals surface area contributed by atoms with Crippen molar-refractivity contribution in [3.8, 4) is 0 Å². The topological polar surface area (TPSA) is 46.1 Å². The lowest BCUT2D eigenvalue weighted by molar-refractivity contribution is 0.0942. The van der Waals surface area contributed by atoms with E-state index in [4.69, 9.17) is 0 Å². The zero-order valence-electron chi connectivity index (χ0n) is 10.8. The Morgan fingerprint density at radius 2 is 2.44 bits per heavy atom. The van der Waals surface area contributed by atoms with Gasteiger partial charge in [0.15, 0.2) is 0 Å². The van der Waals surface area contributed by atoms with Gasteiger partial charge in [-0.3, -0.25) is 4.79 Å². The van der Waals surface area contributed by atoms with Crippen LogP contribution in [0.15, 0.2) is 18.3 Å². The Balaban J connectivity index is 0.00000162. The van der Waals surface area contributed by atoms with Crippen molar-refractivity contribution in [3.63, 3.8) is 0 Å². The second kappa shape index (κ2) is 7.44. The van der Waals surface area contributed by atoms with Crippen LogP contribution in [0.2, 0.25) is 0 Å². The molecular weight excluding hydrogens is 250 g/mol. The van der Waals surface area contributed by atoms with Crippen LogP contribution in [0.25, 0.3) is 0 Å². The molecule has 102 valence electrons. The summed E-state index contributed by atoms with van der Waals surface area (Å²) >= 11 is 0. The van der Waals surface area contributed by atoms with E-state index in [9.17, 15) is 4.79 Å². The number of rotatable bonds is 4. The fourth-order valence-electron chi connectivity index (χ4n) is 2.35. The molecule has 1 unspecified atom stereocenters. The third-order valence-electron chi connectivity index (χ3n) is 3.41. The molecule has 5 heteroatoms. The minimum atomic E-state index is 0. The van der Waals surface area contributed by atoms with Crippen LogP contribution in [-0.2, 0) is 7.05 Å². The SMILES string of the molecule is Cl.Cn1cccc1C(=O)NCCC1CCCNC1. The van der Waals surface area contributed by atoms with Crippen molar-refractivity contribution in [2.45, 2.75) is 19.3 Å². The van der Waals surface area contributed by atoms with Gasteiger partial charge in [-0.2, -0.15) is 0 Å². The molecule has 0 spiro atoms.